The highest BCUT2D eigenvalue weighted by atomic mass is 16.4. The van der Waals surface area contributed by atoms with E-state index in [9.17, 15) is 29.1 Å². The van der Waals surface area contributed by atoms with E-state index in [1.807, 2.05) is 30.3 Å². The average molecular weight is 545 g/mol. The number of H-pyrrole nitrogens is 1. The van der Waals surface area contributed by atoms with Crippen LogP contribution in [0.25, 0.3) is 0 Å². The summed E-state index contributed by atoms with van der Waals surface area (Å²) in [5.41, 5.74) is 18.2. The molecule has 0 aliphatic rings. The van der Waals surface area contributed by atoms with E-state index < -0.39 is 60.2 Å². The van der Waals surface area contributed by atoms with Crippen LogP contribution < -0.4 is 33.2 Å². The summed E-state index contributed by atoms with van der Waals surface area (Å²) in [7, 11) is 0. The van der Waals surface area contributed by atoms with E-state index in [2.05, 4.69) is 25.9 Å². The molecule has 39 heavy (non-hydrogen) atoms. The van der Waals surface area contributed by atoms with Crippen molar-refractivity contribution in [1.29, 1.82) is 0 Å². The van der Waals surface area contributed by atoms with Crippen molar-refractivity contribution in [2.24, 2.45) is 17.2 Å². The summed E-state index contributed by atoms with van der Waals surface area (Å²) in [4.78, 5) is 68.8. The third-order valence-electron chi connectivity index (χ3n) is 5.85. The van der Waals surface area contributed by atoms with Gasteiger partial charge in [-0.05, 0) is 37.8 Å². The Kier molecular flexibility index (Phi) is 12.6. The van der Waals surface area contributed by atoms with Crippen molar-refractivity contribution in [2.45, 2.75) is 62.7 Å². The highest BCUT2D eigenvalue weighted by Gasteiger charge is 2.31. The van der Waals surface area contributed by atoms with Crippen LogP contribution in [0.3, 0.4) is 0 Å². The van der Waals surface area contributed by atoms with Crippen LogP contribution >= 0.6 is 0 Å². The average Bonchev–Trinajstić information content (AvgIpc) is 3.40. The number of unbranched alkanes of at least 4 members (excludes halogenated alkanes) is 1. The van der Waals surface area contributed by atoms with Crippen molar-refractivity contribution < 1.29 is 29.1 Å². The van der Waals surface area contributed by atoms with Gasteiger partial charge in [0.2, 0.25) is 23.6 Å². The SMILES string of the molecule is NCCCCC(NC(=O)C(N)Cc1ccccc1)C(=O)NC(CC(N)=O)C(=O)NC(Cc1cnc[nH]1)C(=O)O. The second-order valence-electron chi connectivity index (χ2n) is 9.05. The summed E-state index contributed by atoms with van der Waals surface area (Å²) in [5.74, 6) is -4.49. The predicted molar refractivity (Wildman–Crippen MR) is 141 cm³/mol. The van der Waals surface area contributed by atoms with Gasteiger partial charge in [0, 0.05) is 18.3 Å². The number of imidazole rings is 1. The quantitative estimate of drug-likeness (QED) is 0.103. The summed E-state index contributed by atoms with van der Waals surface area (Å²) >= 11 is 0. The summed E-state index contributed by atoms with van der Waals surface area (Å²) in [6.07, 6.45) is 3.55. The summed E-state index contributed by atoms with van der Waals surface area (Å²) < 4.78 is 0. The zero-order valence-electron chi connectivity index (χ0n) is 21.5. The van der Waals surface area contributed by atoms with Gasteiger partial charge in [-0.15, -0.1) is 0 Å². The molecule has 0 saturated carbocycles. The topological polar surface area (TPSA) is 248 Å². The lowest BCUT2D eigenvalue weighted by molar-refractivity contribution is -0.142. The Morgan fingerprint density at radius 1 is 0.897 bits per heavy atom. The Bertz CT molecular complexity index is 1100. The number of nitrogens with zero attached hydrogens (tertiary/aromatic N) is 1. The molecule has 4 amide bonds. The Balaban J connectivity index is 2.11. The summed E-state index contributed by atoms with van der Waals surface area (Å²) in [6.45, 7) is 0.370. The van der Waals surface area contributed by atoms with Gasteiger partial charge in [0.1, 0.15) is 18.1 Å². The van der Waals surface area contributed by atoms with Gasteiger partial charge in [-0.2, -0.15) is 0 Å². The van der Waals surface area contributed by atoms with Crippen molar-refractivity contribution in [3.05, 3.63) is 54.1 Å². The highest BCUT2D eigenvalue weighted by molar-refractivity contribution is 5.96. The molecule has 0 spiro atoms. The molecule has 1 heterocycles. The number of rotatable bonds is 17. The second-order valence-corrected chi connectivity index (χ2v) is 9.05. The molecule has 4 atom stereocenters. The van der Waals surface area contributed by atoms with Gasteiger partial charge in [0.25, 0.3) is 0 Å². The van der Waals surface area contributed by atoms with Gasteiger partial charge in [0.05, 0.1) is 18.8 Å². The molecule has 0 aliphatic carbocycles. The van der Waals surface area contributed by atoms with Gasteiger partial charge >= 0.3 is 5.97 Å². The number of carboxylic acid groups (broad SMARTS) is 1. The number of hydrogen-bond donors (Lipinski definition) is 8. The molecular weight excluding hydrogens is 508 g/mol. The number of nitrogens with one attached hydrogen (secondary N) is 4. The number of carboxylic acids is 1. The number of benzene rings is 1. The van der Waals surface area contributed by atoms with E-state index in [0.717, 1.165) is 5.56 Å². The lowest BCUT2D eigenvalue weighted by Gasteiger charge is -2.25. The van der Waals surface area contributed by atoms with Crippen LogP contribution in [0, 0.1) is 0 Å². The molecule has 14 heteroatoms. The first-order chi connectivity index (χ1) is 18.6. The van der Waals surface area contributed by atoms with Crippen LogP contribution in [-0.2, 0) is 36.8 Å². The molecule has 0 bridgehead atoms. The number of carbonyl (C=O) groups excluding carboxylic acids is 4. The molecule has 11 N–H and O–H groups in total. The minimum absolute atomic E-state index is 0.116. The van der Waals surface area contributed by atoms with Crippen LogP contribution in [0.5, 0.6) is 0 Å². The van der Waals surface area contributed by atoms with Crippen molar-refractivity contribution in [1.82, 2.24) is 25.9 Å². The number of carbonyl (C=O) groups is 5. The van der Waals surface area contributed by atoms with Crippen LogP contribution in [0.2, 0.25) is 0 Å². The lowest BCUT2D eigenvalue weighted by atomic mass is 10.0. The Labute approximate surface area is 225 Å². The number of hydrogen-bond acceptors (Lipinski definition) is 8. The fourth-order valence-electron chi connectivity index (χ4n) is 3.77. The third-order valence-corrected chi connectivity index (χ3v) is 5.85. The standard InChI is InChI=1S/C25H36N8O6/c26-9-5-4-8-18(31-22(35)17(27)10-15-6-2-1-3-7-15)23(36)32-19(12-21(28)34)24(37)33-20(25(38)39)11-16-13-29-14-30-16/h1-3,6-7,13-14,17-20H,4-5,8-12,26-27H2,(H2,28,34)(H,29,30)(H,31,35)(H,32,36)(H,33,37)(H,38,39). The molecule has 0 fully saturated rings. The van der Waals surface area contributed by atoms with E-state index in [4.69, 9.17) is 17.2 Å². The van der Waals surface area contributed by atoms with Crippen LogP contribution in [0.1, 0.15) is 36.9 Å². The summed E-state index contributed by atoms with van der Waals surface area (Å²) in [6, 6.07) is 4.22. The molecule has 2 rings (SSSR count). The van der Waals surface area contributed by atoms with E-state index >= 15 is 0 Å². The molecule has 4 unspecified atom stereocenters. The maximum atomic E-state index is 13.2. The van der Waals surface area contributed by atoms with E-state index in [0.29, 0.717) is 25.1 Å². The maximum Gasteiger partial charge on any atom is 0.326 e. The van der Waals surface area contributed by atoms with Gasteiger partial charge < -0.3 is 43.2 Å². The number of amides is 4. The molecule has 212 valence electrons. The number of aliphatic carboxylic acids is 1. The van der Waals surface area contributed by atoms with Crippen LogP contribution in [-0.4, -0.2) is 75.4 Å². The van der Waals surface area contributed by atoms with Gasteiger partial charge in [-0.25, -0.2) is 9.78 Å². The van der Waals surface area contributed by atoms with E-state index in [-0.39, 0.29) is 19.3 Å². The van der Waals surface area contributed by atoms with Crippen molar-refractivity contribution in [2.75, 3.05) is 6.54 Å². The van der Waals surface area contributed by atoms with E-state index in [1.165, 1.54) is 12.5 Å². The van der Waals surface area contributed by atoms with Crippen LogP contribution in [0.15, 0.2) is 42.9 Å². The minimum atomic E-state index is -1.48. The van der Waals surface area contributed by atoms with Crippen molar-refractivity contribution in [3.8, 4) is 0 Å². The number of nitrogens with two attached hydrogens (primary N) is 3. The summed E-state index contributed by atoms with van der Waals surface area (Å²) in [5, 5.41) is 16.9. The first-order valence-electron chi connectivity index (χ1n) is 12.5. The maximum absolute atomic E-state index is 13.2. The van der Waals surface area contributed by atoms with Crippen molar-refractivity contribution in [3.63, 3.8) is 0 Å². The number of aromatic nitrogens is 2. The molecular formula is C25H36N8O6. The lowest BCUT2D eigenvalue weighted by Crippen LogP contribution is -2.58. The normalized spacial score (nSPS) is 13.9. The Morgan fingerprint density at radius 3 is 2.13 bits per heavy atom. The van der Waals surface area contributed by atoms with E-state index in [1.54, 1.807) is 0 Å². The smallest absolute Gasteiger partial charge is 0.326 e. The van der Waals surface area contributed by atoms with Crippen molar-refractivity contribution >= 4 is 29.6 Å². The fraction of sp³-hybridized carbons (Fsp3) is 0.440. The number of primary amides is 1. The molecule has 1 aromatic heterocycles. The van der Waals surface area contributed by atoms with Gasteiger partial charge in [-0.3, -0.25) is 19.2 Å². The zero-order valence-corrected chi connectivity index (χ0v) is 21.5. The first kappa shape index (κ1) is 30.9. The first-order valence-corrected chi connectivity index (χ1v) is 12.5. The molecule has 0 radical (unpaired) electrons. The Morgan fingerprint density at radius 2 is 1.54 bits per heavy atom. The monoisotopic (exact) mass is 544 g/mol. The minimum Gasteiger partial charge on any atom is -0.480 e. The van der Waals surface area contributed by atoms with Crippen LogP contribution in [0.4, 0.5) is 0 Å². The third kappa shape index (κ3) is 10.9. The molecule has 0 aliphatic heterocycles. The fourth-order valence-corrected chi connectivity index (χ4v) is 3.77. The molecule has 14 nitrogen and oxygen atoms in total. The molecule has 2 aromatic rings. The zero-order chi connectivity index (χ0) is 28.8. The van der Waals surface area contributed by atoms with Gasteiger partial charge in [0.15, 0.2) is 0 Å². The molecule has 0 saturated heterocycles. The predicted octanol–water partition coefficient (Wildman–Crippen LogP) is -1.93. The Hall–Kier alpha value is -4.30. The number of aromatic amines is 1. The second kappa shape index (κ2) is 15.8. The molecule has 1 aromatic carbocycles. The largest absolute Gasteiger partial charge is 0.480 e. The highest BCUT2D eigenvalue weighted by Crippen LogP contribution is 2.07. The van der Waals surface area contributed by atoms with Gasteiger partial charge in [-0.1, -0.05) is 30.3 Å².